The Kier molecular flexibility index (Phi) is 4.23. The molecule has 1 saturated heterocycles. The van der Waals surface area contributed by atoms with Gasteiger partial charge in [-0.3, -0.25) is 10.2 Å². The van der Waals surface area contributed by atoms with E-state index < -0.39 is 17.1 Å². The zero-order valence-corrected chi connectivity index (χ0v) is 11.3. The summed E-state index contributed by atoms with van der Waals surface area (Å²) in [7, 11) is 0. The lowest BCUT2D eigenvalue weighted by atomic mass is 10.3. The van der Waals surface area contributed by atoms with Crippen molar-refractivity contribution < 1.29 is 14.7 Å². The van der Waals surface area contributed by atoms with E-state index in [1.165, 1.54) is 11.3 Å². The fourth-order valence-electron chi connectivity index (χ4n) is 1.35. The van der Waals surface area contributed by atoms with Crippen LogP contribution in [0, 0.1) is 0 Å². The first-order chi connectivity index (χ1) is 9.06. The topological polar surface area (TPSA) is 93.6 Å². The van der Waals surface area contributed by atoms with Crippen LogP contribution in [0.5, 0.6) is 0 Å². The van der Waals surface area contributed by atoms with Gasteiger partial charge in [0, 0.05) is 6.42 Å². The maximum absolute atomic E-state index is 11.3. The summed E-state index contributed by atoms with van der Waals surface area (Å²) in [6.45, 7) is 3.80. The van der Waals surface area contributed by atoms with Crippen LogP contribution < -0.4 is 15.8 Å². The van der Waals surface area contributed by atoms with Gasteiger partial charge in [0.25, 0.3) is 0 Å². The first-order valence-electron chi connectivity index (χ1n) is 5.30. The van der Waals surface area contributed by atoms with E-state index in [0.29, 0.717) is 5.70 Å². The highest BCUT2D eigenvalue weighted by molar-refractivity contribution is 8.15. The van der Waals surface area contributed by atoms with Crippen molar-refractivity contribution in [3.8, 4) is 0 Å². The minimum absolute atomic E-state index is 0.113. The van der Waals surface area contributed by atoms with Gasteiger partial charge in [-0.2, -0.15) is 0 Å². The summed E-state index contributed by atoms with van der Waals surface area (Å²) in [5.41, 5.74) is 3.27. The smallest absolute Gasteiger partial charge is 0.227 e. The molecule has 0 saturated carbocycles. The molecule has 2 rings (SSSR count). The highest BCUT2D eigenvalue weighted by Gasteiger charge is 2.25. The van der Waals surface area contributed by atoms with E-state index in [4.69, 9.17) is 0 Å². The van der Waals surface area contributed by atoms with E-state index in [2.05, 4.69) is 22.4 Å². The van der Waals surface area contributed by atoms with Crippen LogP contribution in [-0.4, -0.2) is 22.3 Å². The Morgan fingerprint density at radius 1 is 1.63 bits per heavy atom. The van der Waals surface area contributed by atoms with Crippen molar-refractivity contribution >= 4 is 45.8 Å². The number of nitrogens with zero attached hydrogens (tertiary/aromatic N) is 1. The van der Waals surface area contributed by atoms with Crippen LogP contribution in [0.2, 0.25) is 0 Å². The molecule has 0 aliphatic carbocycles. The Morgan fingerprint density at radius 2 is 2.42 bits per heavy atom. The number of rotatable bonds is 4. The molecule has 1 aliphatic heterocycles. The van der Waals surface area contributed by atoms with Gasteiger partial charge >= 0.3 is 0 Å². The molecule has 8 heteroatoms. The molecule has 1 aliphatic rings. The standard InChI is InChI=1S/C11H11N3O3S2/c1-6(7-3-2-4-18-7)13-14-11-12-9(15)5-8(19-11)10(16)17/h2-4,8,13H,1,5H2,(H,16,17)(H,12,14,15)/p-1. The van der Waals surface area contributed by atoms with Crippen LogP contribution in [0.15, 0.2) is 29.2 Å². The van der Waals surface area contributed by atoms with Crippen LogP contribution >= 0.6 is 23.1 Å². The lowest BCUT2D eigenvalue weighted by Crippen LogP contribution is -2.45. The average molecular weight is 296 g/mol. The maximum atomic E-state index is 11.3. The molecule has 0 aromatic carbocycles. The second-order valence-electron chi connectivity index (χ2n) is 3.66. The van der Waals surface area contributed by atoms with Crippen LogP contribution in [0.1, 0.15) is 11.3 Å². The summed E-state index contributed by atoms with van der Waals surface area (Å²) in [5, 5.41) is 18.4. The third-order valence-corrected chi connectivity index (χ3v) is 4.23. The predicted molar refractivity (Wildman–Crippen MR) is 73.1 cm³/mol. The van der Waals surface area contributed by atoms with Crippen molar-refractivity contribution in [2.24, 2.45) is 5.10 Å². The van der Waals surface area contributed by atoms with E-state index in [0.717, 1.165) is 16.6 Å². The summed E-state index contributed by atoms with van der Waals surface area (Å²) < 4.78 is 0. The molecule has 1 unspecified atom stereocenters. The van der Waals surface area contributed by atoms with Gasteiger partial charge in [-0.15, -0.1) is 16.4 Å². The number of carboxylic acid groups (broad SMARTS) is 1. The largest absolute Gasteiger partial charge is 0.549 e. The number of aliphatic carboxylic acids is 1. The molecule has 1 fully saturated rings. The normalized spacial score (nSPS) is 20.9. The Bertz CT molecular complexity index is 539. The zero-order chi connectivity index (χ0) is 13.8. The van der Waals surface area contributed by atoms with Gasteiger partial charge in [0.1, 0.15) is 0 Å². The minimum Gasteiger partial charge on any atom is -0.549 e. The fraction of sp³-hybridized carbons (Fsp3) is 0.182. The Hall–Kier alpha value is -1.80. The van der Waals surface area contributed by atoms with Crippen molar-refractivity contribution in [3.63, 3.8) is 0 Å². The lowest BCUT2D eigenvalue weighted by molar-refractivity contribution is -0.304. The predicted octanol–water partition coefficient (Wildman–Crippen LogP) is -0.0490. The number of thioether (sulfide) groups is 1. The van der Waals surface area contributed by atoms with Crippen molar-refractivity contribution in [2.45, 2.75) is 11.7 Å². The molecule has 2 N–H and O–H groups in total. The van der Waals surface area contributed by atoms with E-state index in [-0.39, 0.29) is 11.6 Å². The molecule has 1 atom stereocenters. The number of amidine groups is 1. The quantitative estimate of drug-likeness (QED) is 0.760. The number of amides is 1. The van der Waals surface area contributed by atoms with Crippen LogP contribution in [0.25, 0.3) is 5.70 Å². The second kappa shape index (κ2) is 5.89. The molecular weight excluding hydrogens is 286 g/mol. The SMILES string of the molecule is C=C(N/N=C1\NC(=O)CC(C(=O)[O-])S1)c1cccs1. The van der Waals surface area contributed by atoms with Gasteiger partial charge < -0.3 is 15.2 Å². The number of nitrogens with one attached hydrogen (secondary N) is 2. The molecule has 6 nitrogen and oxygen atoms in total. The number of hydrogen-bond acceptors (Lipinski definition) is 7. The molecule has 0 bridgehead atoms. The van der Waals surface area contributed by atoms with E-state index >= 15 is 0 Å². The Labute approximate surface area is 117 Å². The summed E-state index contributed by atoms with van der Waals surface area (Å²) in [5.74, 6) is -1.67. The number of hydrazone groups is 1. The fourth-order valence-corrected chi connectivity index (χ4v) is 2.87. The zero-order valence-electron chi connectivity index (χ0n) is 9.71. The summed E-state index contributed by atoms with van der Waals surface area (Å²) in [4.78, 5) is 23.0. The van der Waals surface area contributed by atoms with Gasteiger partial charge in [-0.1, -0.05) is 24.4 Å². The molecular formula is C11H10N3O3S2-. The van der Waals surface area contributed by atoms with Gasteiger partial charge in [-0.25, -0.2) is 0 Å². The van der Waals surface area contributed by atoms with Crippen molar-refractivity contribution in [1.29, 1.82) is 0 Å². The van der Waals surface area contributed by atoms with Crippen molar-refractivity contribution in [1.82, 2.24) is 10.7 Å². The van der Waals surface area contributed by atoms with Gasteiger partial charge in [0.15, 0.2) is 5.17 Å². The molecule has 1 amide bonds. The third-order valence-electron chi connectivity index (χ3n) is 2.24. The van der Waals surface area contributed by atoms with Crippen LogP contribution in [0.3, 0.4) is 0 Å². The molecule has 1 aromatic heterocycles. The first kappa shape index (κ1) is 13.6. The van der Waals surface area contributed by atoms with Gasteiger partial charge in [0.2, 0.25) is 5.91 Å². The van der Waals surface area contributed by atoms with Crippen molar-refractivity contribution in [2.75, 3.05) is 0 Å². The maximum Gasteiger partial charge on any atom is 0.227 e. The number of carboxylic acids is 1. The van der Waals surface area contributed by atoms with E-state index in [1.54, 1.807) is 0 Å². The number of carbonyl (C=O) groups excluding carboxylic acids is 2. The number of carbonyl (C=O) groups is 2. The monoisotopic (exact) mass is 296 g/mol. The average Bonchev–Trinajstić information content (AvgIpc) is 2.89. The molecule has 100 valence electrons. The van der Waals surface area contributed by atoms with Crippen LogP contribution in [-0.2, 0) is 9.59 Å². The summed E-state index contributed by atoms with van der Waals surface area (Å²) in [6.07, 6.45) is -0.113. The van der Waals surface area contributed by atoms with Gasteiger partial charge in [0.05, 0.1) is 21.8 Å². The molecule has 19 heavy (non-hydrogen) atoms. The van der Waals surface area contributed by atoms with Crippen LogP contribution in [0.4, 0.5) is 0 Å². The Morgan fingerprint density at radius 3 is 3.05 bits per heavy atom. The lowest BCUT2D eigenvalue weighted by Gasteiger charge is -2.23. The highest BCUT2D eigenvalue weighted by atomic mass is 32.2. The minimum atomic E-state index is -1.27. The second-order valence-corrected chi connectivity index (χ2v) is 5.80. The Balaban J connectivity index is 2.00. The third kappa shape index (κ3) is 3.58. The first-order valence-corrected chi connectivity index (χ1v) is 7.06. The summed E-state index contributed by atoms with van der Waals surface area (Å²) >= 11 is 2.43. The summed E-state index contributed by atoms with van der Waals surface area (Å²) in [6, 6.07) is 3.75. The number of thiophene rings is 1. The molecule has 1 aromatic rings. The van der Waals surface area contributed by atoms with Gasteiger partial charge in [-0.05, 0) is 11.4 Å². The molecule has 0 radical (unpaired) electrons. The van der Waals surface area contributed by atoms with E-state index in [9.17, 15) is 14.7 Å². The van der Waals surface area contributed by atoms with Crippen molar-refractivity contribution in [3.05, 3.63) is 29.0 Å². The molecule has 0 spiro atoms. The highest BCUT2D eigenvalue weighted by Crippen LogP contribution is 2.20. The number of hydrogen-bond donors (Lipinski definition) is 2. The molecule has 2 heterocycles. The van der Waals surface area contributed by atoms with E-state index in [1.807, 2.05) is 17.5 Å².